The van der Waals surface area contributed by atoms with Crippen LogP contribution in [0.1, 0.15) is 18.5 Å². The first-order valence-electron chi connectivity index (χ1n) is 5.25. The number of hydrogen-bond acceptors (Lipinski definition) is 4. The van der Waals surface area contributed by atoms with Gasteiger partial charge in [-0.05, 0) is 24.6 Å². The van der Waals surface area contributed by atoms with Crippen LogP contribution < -0.4 is 11.1 Å². The Morgan fingerprint density at radius 1 is 1.18 bits per heavy atom. The number of nitrogens with zero attached hydrogens (tertiary/aromatic N) is 2. The molecular weight excluding hydrogens is 280 g/mol. The Hall–Kier alpha value is -1.62. The van der Waals surface area contributed by atoms with Gasteiger partial charge in [-0.3, -0.25) is 0 Å². The minimum atomic E-state index is 0.127. The first kappa shape index (κ1) is 11.9. The Bertz CT molecular complexity index is 498. The molecule has 0 radical (unpaired) electrons. The molecule has 5 heteroatoms. The Balaban J connectivity index is 2.14. The average Bonchev–Trinajstić information content (AvgIpc) is 2.33. The van der Waals surface area contributed by atoms with E-state index in [-0.39, 0.29) is 6.04 Å². The van der Waals surface area contributed by atoms with Crippen LogP contribution in [0.15, 0.2) is 41.1 Å². The van der Waals surface area contributed by atoms with Crippen LogP contribution in [-0.2, 0) is 0 Å². The van der Waals surface area contributed by atoms with E-state index in [0.717, 1.165) is 4.47 Å². The van der Waals surface area contributed by atoms with Gasteiger partial charge in [0, 0.05) is 16.9 Å². The molecule has 1 atom stereocenters. The van der Waals surface area contributed by atoms with Crippen molar-refractivity contribution < 1.29 is 0 Å². The lowest BCUT2D eigenvalue weighted by atomic mass is 10.1. The molecule has 1 aromatic heterocycles. The molecule has 2 rings (SSSR count). The van der Waals surface area contributed by atoms with Gasteiger partial charge in [-0.25, -0.2) is 9.97 Å². The van der Waals surface area contributed by atoms with Crippen molar-refractivity contribution in [1.29, 1.82) is 0 Å². The second-order valence-electron chi connectivity index (χ2n) is 3.71. The van der Waals surface area contributed by atoms with E-state index >= 15 is 0 Å². The largest absolute Gasteiger partial charge is 0.381 e. The number of hydrogen-bond donors (Lipinski definition) is 2. The summed E-state index contributed by atoms with van der Waals surface area (Å²) in [6.45, 7) is 2.05. The number of nitrogens with one attached hydrogen (secondary N) is 1. The van der Waals surface area contributed by atoms with Gasteiger partial charge >= 0.3 is 0 Å². The Morgan fingerprint density at radius 2 is 1.82 bits per heavy atom. The van der Waals surface area contributed by atoms with Crippen molar-refractivity contribution >= 4 is 27.6 Å². The molecule has 17 heavy (non-hydrogen) atoms. The van der Waals surface area contributed by atoms with Crippen LogP contribution in [-0.4, -0.2) is 9.97 Å². The summed E-state index contributed by atoms with van der Waals surface area (Å²) in [5.74, 6) is 1.03. The zero-order valence-corrected chi connectivity index (χ0v) is 11.0. The fraction of sp³-hybridized carbons (Fsp3) is 0.167. The highest BCUT2D eigenvalue weighted by atomic mass is 79.9. The molecule has 0 fully saturated rings. The van der Waals surface area contributed by atoms with E-state index in [0.29, 0.717) is 11.6 Å². The quantitative estimate of drug-likeness (QED) is 0.913. The van der Waals surface area contributed by atoms with Gasteiger partial charge in [0.1, 0.15) is 0 Å². The smallest absolute Gasteiger partial charge is 0.169 e. The molecule has 88 valence electrons. The molecule has 1 unspecified atom stereocenters. The van der Waals surface area contributed by atoms with E-state index < -0.39 is 0 Å². The Kier molecular flexibility index (Phi) is 3.58. The topological polar surface area (TPSA) is 63.8 Å². The van der Waals surface area contributed by atoms with Gasteiger partial charge in [-0.15, -0.1) is 0 Å². The molecule has 1 aromatic carbocycles. The maximum Gasteiger partial charge on any atom is 0.169 e. The summed E-state index contributed by atoms with van der Waals surface area (Å²) < 4.78 is 1.06. The Labute approximate surface area is 108 Å². The third-order valence-electron chi connectivity index (χ3n) is 2.45. The second-order valence-corrected chi connectivity index (χ2v) is 4.62. The van der Waals surface area contributed by atoms with Crippen molar-refractivity contribution in [2.75, 3.05) is 11.1 Å². The van der Waals surface area contributed by atoms with Crippen LogP contribution in [0.3, 0.4) is 0 Å². The number of anilines is 2. The number of halogens is 1. The molecule has 0 bridgehead atoms. The highest BCUT2D eigenvalue weighted by molar-refractivity contribution is 9.10. The summed E-state index contributed by atoms with van der Waals surface area (Å²) in [4.78, 5) is 8.14. The van der Waals surface area contributed by atoms with Crippen molar-refractivity contribution in [2.45, 2.75) is 13.0 Å². The van der Waals surface area contributed by atoms with Crippen LogP contribution in [0.2, 0.25) is 0 Å². The van der Waals surface area contributed by atoms with Gasteiger partial charge < -0.3 is 11.1 Å². The van der Waals surface area contributed by atoms with Crippen molar-refractivity contribution in [2.24, 2.45) is 0 Å². The van der Waals surface area contributed by atoms with E-state index in [2.05, 4.69) is 38.1 Å². The first-order chi connectivity index (χ1) is 8.16. The predicted octanol–water partition coefficient (Wildman–Crippen LogP) is 2.99. The van der Waals surface area contributed by atoms with Gasteiger partial charge in [0.2, 0.25) is 0 Å². The molecule has 0 aliphatic carbocycles. The highest BCUT2D eigenvalue weighted by Crippen LogP contribution is 2.21. The molecule has 1 heterocycles. The summed E-state index contributed by atoms with van der Waals surface area (Å²) in [6, 6.07) is 8.24. The monoisotopic (exact) mass is 292 g/mol. The molecule has 0 aliphatic rings. The molecule has 0 amide bonds. The van der Waals surface area contributed by atoms with Crippen molar-refractivity contribution in [3.05, 3.63) is 46.7 Å². The van der Waals surface area contributed by atoms with Crippen LogP contribution in [0.25, 0.3) is 0 Å². The average molecular weight is 293 g/mol. The van der Waals surface area contributed by atoms with Gasteiger partial charge in [-0.2, -0.15) is 0 Å². The van der Waals surface area contributed by atoms with Crippen molar-refractivity contribution in [1.82, 2.24) is 9.97 Å². The summed E-state index contributed by atoms with van der Waals surface area (Å²) in [5, 5.41) is 3.23. The normalized spacial score (nSPS) is 12.1. The lowest BCUT2D eigenvalue weighted by Crippen LogP contribution is -2.10. The van der Waals surface area contributed by atoms with Crippen LogP contribution in [0, 0.1) is 0 Å². The minimum absolute atomic E-state index is 0.127. The van der Waals surface area contributed by atoms with Gasteiger partial charge in [-0.1, -0.05) is 28.1 Å². The fourth-order valence-electron chi connectivity index (χ4n) is 1.50. The van der Waals surface area contributed by atoms with E-state index in [1.54, 1.807) is 12.4 Å². The third kappa shape index (κ3) is 2.94. The minimum Gasteiger partial charge on any atom is -0.381 e. The van der Waals surface area contributed by atoms with E-state index in [1.165, 1.54) is 5.56 Å². The molecule has 3 N–H and O–H groups in total. The molecule has 0 saturated carbocycles. The van der Waals surface area contributed by atoms with E-state index in [4.69, 9.17) is 5.73 Å². The molecular formula is C12H13BrN4. The molecule has 0 aliphatic heterocycles. The first-order valence-corrected chi connectivity index (χ1v) is 6.04. The maximum absolute atomic E-state index is 5.73. The number of nitrogen functional groups attached to an aromatic ring is 1. The summed E-state index contributed by atoms with van der Waals surface area (Å²) in [7, 11) is 0. The van der Waals surface area contributed by atoms with Crippen LogP contribution in [0.4, 0.5) is 11.6 Å². The molecule has 0 saturated heterocycles. The number of nitrogens with two attached hydrogens (primary N) is 1. The summed E-state index contributed by atoms with van der Waals surface area (Å²) in [5.41, 5.74) is 6.89. The zero-order valence-electron chi connectivity index (χ0n) is 9.39. The summed E-state index contributed by atoms with van der Waals surface area (Å²) >= 11 is 3.41. The zero-order chi connectivity index (χ0) is 12.3. The molecule has 2 aromatic rings. The summed E-state index contributed by atoms with van der Waals surface area (Å²) in [6.07, 6.45) is 3.19. The lowest BCUT2D eigenvalue weighted by molar-refractivity contribution is 0.872. The maximum atomic E-state index is 5.73. The van der Waals surface area contributed by atoms with Crippen molar-refractivity contribution in [3.8, 4) is 0 Å². The third-order valence-corrected chi connectivity index (χ3v) is 2.98. The standard InChI is InChI=1S/C12H13BrN4/c1-8(9-2-4-10(13)5-3-9)17-12-11(14)15-6-7-16-12/h2-8H,1H3,(H2,14,15)(H,16,17). The van der Waals surface area contributed by atoms with Gasteiger partial charge in [0.05, 0.1) is 6.04 Å². The van der Waals surface area contributed by atoms with Crippen LogP contribution >= 0.6 is 15.9 Å². The predicted molar refractivity (Wildman–Crippen MR) is 72.6 cm³/mol. The van der Waals surface area contributed by atoms with Crippen LogP contribution in [0.5, 0.6) is 0 Å². The van der Waals surface area contributed by atoms with E-state index in [9.17, 15) is 0 Å². The van der Waals surface area contributed by atoms with E-state index in [1.807, 2.05) is 24.3 Å². The van der Waals surface area contributed by atoms with Gasteiger partial charge in [0.15, 0.2) is 11.6 Å². The molecule has 4 nitrogen and oxygen atoms in total. The van der Waals surface area contributed by atoms with Crippen molar-refractivity contribution in [3.63, 3.8) is 0 Å². The number of benzene rings is 1. The lowest BCUT2D eigenvalue weighted by Gasteiger charge is -2.15. The Morgan fingerprint density at radius 3 is 2.47 bits per heavy atom. The number of aromatic nitrogens is 2. The fourth-order valence-corrected chi connectivity index (χ4v) is 1.76. The number of rotatable bonds is 3. The molecule has 0 spiro atoms. The highest BCUT2D eigenvalue weighted by Gasteiger charge is 2.08. The SMILES string of the molecule is CC(Nc1nccnc1N)c1ccc(Br)cc1. The second kappa shape index (κ2) is 5.14. The van der Waals surface area contributed by atoms with Gasteiger partial charge in [0.25, 0.3) is 0 Å².